The molecule has 0 aliphatic rings. The van der Waals surface area contributed by atoms with Gasteiger partial charge in [-0.3, -0.25) is 0 Å². The fourth-order valence-corrected chi connectivity index (χ4v) is 1.07. The molecule has 0 heterocycles. The van der Waals surface area contributed by atoms with Gasteiger partial charge in [-0.05, 0) is 0 Å². The third-order valence-corrected chi connectivity index (χ3v) is 2.09. The van der Waals surface area contributed by atoms with E-state index < -0.39 is 12.2 Å². The minimum Gasteiger partial charge on any atom is -0.390 e. The molecule has 50 valence electrons. The Kier molecular flexibility index (Phi) is 5.25. The molecule has 0 aliphatic carbocycles. The largest absolute Gasteiger partial charge is 0.390 e. The molecule has 0 saturated carbocycles. The fourth-order valence-electron chi connectivity index (χ4n) is 0.206. The van der Waals surface area contributed by atoms with Gasteiger partial charge in [-0.2, -0.15) is 0 Å². The molecule has 0 amide bonds. The highest BCUT2D eigenvalue weighted by molar-refractivity contribution is 9.09. The molecule has 4 heteroatoms. The highest BCUT2D eigenvalue weighted by Crippen LogP contribution is 2.00. The van der Waals surface area contributed by atoms with E-state index in [1.165, 1.54) is 0 Å². The Balaban J connectivity index is 3.29. The summed E-state index contributed by atoms with van der Waals surface area (Å²) in [6.07, 6.45) is -1.32. The number of hydrogen-bond acceptors (Lipinski definition) is 2. The Bertz CT molecular complexity index is 52.0. The van der Waals surface area contributed by atoms with Crippen molar-refractivity contribution in [1.82, 2.24) is 0 Å². The summed E-state index contributed by atoms with van der Waals surface area (Å²) < 4.78 is 0. The molecule has 0 aromatic rings. The van der Waals surface area contributed by atoms with E-state index in [0.29, 0.717) is 10.7 Å². The van der Waals surface area contributed by atoms with Crippen LogP contribution in [0, 0.1) is 0 Å². The average Bonchev–Trinajstić information content (AvgIpc) is 1.84. The minimum atomic E-state index is -0.658. The molecule has 0 unspecified atom stereocenters. The molecule has 8 heavy (non-hydrogen) atoms. The van der Waals surface area contributed by atoms with Crippen molar-refractivity contribution in [3.05, 3.63) is 0 Å². The first-order chi connectivity index (χ1) is 3.72. The number of hydrogen-bond donors (Lipinski definition) is 2. The van der Waals surface area contributed by atoms with Crippen molar-refractivity contribution in [1.29, 1.82) is 0 Å². The van der Waals surface area contributed by atoms with E-state index in [-0.39, 0.29) is 0 Å². The first-order valence-corrected chi connectivity index (χ1v) is 4.44. The number of halogens is 2. The third-order valence-electron chi connectivity index (χ3n) is 0.760. The summed E-state index contributed by atoms with van der Waals surface area (Å²) in [7, 11) is 0. The van der Waals surface area contributed by atoms with Crippen molar-refractivity contribution < 1.29 is 10.2 Å². The van der Waals surface area contributed by atoms with Crippen LogP contribution in [0.15, 0.2) is 0 Å². The van der Waals surface area contributed by atoms with Crippen molar-refractivity contribution in [3.8, 4) is 0 Å². The lowest BCUT2D eigenvalue weighted by atomic mass is 10.3. The van der Waals surface area contributed by atoms with Crippen molar-refractivity contribution in [2.75, 3.05) is 10.7 Å². The van der Waals surface area contributed by atoms with Gasteiger partial charge in [0.1, 0.15) is 0 Å². The monoisotopic (exact) mass is 246 g/mol. The van der Waals surface area contributed by atoms with Gasteiger partial charge in [0.05, 0.1) is 12.2 Å². The lowest BCUT2D eigenvalue weighted by Gasteiger charge is -2.10. The topological polar surface area (TPSA) is 40.5 Å². The minimum absolute atomic E-state index is 0.416. The van der Waals surface area contributed by atoms with Crippen LogP contribution in [0.5, 0.6) is 0 Å². The van der Waals surface area contributed by atoms with Crippen LogP contribution >= 0.6 is 31.9 Å². The van der Waals surface area contributed by atoms with Crippen molar-refractivity contribution >= 4 is 31.9 Å². The summed E-state index contributed by atoms with van der Waals surface area (Å²) in [6.45, 7) is 0. The van der Waals surface area contributed by atoms with Crippen LogP contribution in [0.25, 0.3) is 0 Å². The van der Waals surface area contributed by atoms with Gasteiger partial charge in [0.25, 0.3) is 0 Å². The molecule has 0 spiro atoms. The SMILES string of the molecule is O[C@H](CBr)[C@@H](O)CBr. The number of alkyl halides is 2. The summed E-state index contributed by atoms with van der Waals surface area (Å²) in [5, 5.41) is 18.4. The number of rotatable bonds is 3. The first kappa shape index (κ1) is 8.88. The second-order valence-electron chi connectivity index (χ2n) is 1.44. The molecule has 0 aromatic heterocycles. The predicted molar refractivity (Wildman–Crippen MR) is 39.6 cm³/mol. The summed E-state index contributed by atoms with van der Waals surface area (Å²) in [5.41, 5.74) is 0. The van der Waals surface area contributed by atoms with E-state index >= 15 is 0 Å². The molecule has 0 aromatic carbocycles. The number of aliphatic hydroxyl groups excluding tert-OH is 2. The van der Waals surface area contributed by atoms with Crippen LogP contribution in [0.3, 0.4) is 0 Å². The van der Waals surface area contributed by atoms with Gasteiger partial charge in [-0.25, -0.2) is 0 Å². The van der Waals surface area contributed by atoms with Gasteiger partial charge < -0.3 is 10.2 Å². The van der Waals surface area contributed by atoms with E-state index in [2.05, 4.69) is 31.9 Å². The molecule has 0 fully saturated rings. The fraction of sp³-hybridized carbons (Fsp3) is 1.00. The van der Waals surface area contributed by atoms with Gasteiger partial charge >= 0.3 is 0 Å². The van der Waals surface area contributed by atoms with E-state index in [9.17, 15) is 0 Å². The Morgan fingerprint density at radius 2 is 1.25 bits per heavy atom. The Morgan fingerprint density at radius 1 is 1.00 bits per heavy atom. The molecule has 0 aliphatic heterocycles. The quantitative estimate of drug-likeness (QED) is 0.714. The standard InChI is InChI=1S/C4H8Br2O2/c5-1-3(7)4(8)2-6/h3-4,7-8H,1-2H2/t3-,4+. The summed E-state index contributed by atoms with van der Waals surface area (Å²) in [4.78, 5) is 0. The van der Waals surface area contributed by atoms with Crippen LogP contribution in [0.2, 0.25) is 0 Å². The number of aliphatic hydroxyl groups is 2. The first-order valence-electron chi connectivity index (χ1n) is 2.20. The average molecular weight is 248 g/mol. The smallest absolute Gasteiger partial charge is 0.0903 e. The maximum atomic E-state index is 8.80. The second-order valence-corrected chi connectivity index (χ2v) is 2.74. The Hall–Kier alpha value is 0.880. The van der Waals surface area contributed by atoms with Crippen molar-refractivity contribution in [3.63, 3.8) is 0 Å². The molecule has 0 rings (SSSR count). The third kappa shape index (κ3) is 3.02. The molecule has 0 radical (unpaired) electrons. The summed E-state index contributed by atoms with van der Waals surface area (Å²) in [6, 6.07) is 0. The van der Waals surface area contributed by atoms with E-state index in [0.717, 1.165) is 0 Å². The molecular weight excluding hydrogens is 240 g/mol. The zero-order valence-electron chi connectivity index (χ0n) is 4.22. The van der Waals surface area contributed by atoms with Crippen molar-refractivity contribution in [2.24, 2.45) is 0 Å². The highest BCUT2D eigenvalue weighted by Gasteiger charge is 2.11. The molecule has 0 saturated heterocycles. The summed E-state index contributed by atoms with van der Waals surface area (Å²) in [5.74, 6) is 0. The van der Waals surface area contributed by atoms with Crippen LogP contribution < -0.4 is 0 Å². The normalized spacial score (nSPS) is 18.0. The molecule has 2 atom stereocenters. The highest BCUT2D eigenvalue weighted by atomic mass is 79.9. The van der Waals surface area contributed by atoms with E-state index in [1.807, 2.05) is 0 Å². The summed E-state index contributed by atoms with van der Waals surface area (Å²) >= 11 is 6.05. The van der Waals surface area contributed by atoms with Crippen LogP contribution in [0.1, 0.15) is 0 Å². The zero-order valence-corrected chi connectivity index (χ0v) is 7.39. The molecule has 2 nitrogen and oxygen atoms in total. The molecule has 0 bridgehead atoms. The van der Waals surface area contributed by atoms with Gasteiger partial charge in [0.15, 0.2) is 0 Å². The van der Waals surface area contributed by atoms with E-state index in [4.69, 9.17) is 10.2 Å². The molecule has 2 N–H and O–H groups in total. The maximum absolute atomic E-state index is 8.80. The van der Waals surface area contributed by atoms with Crippen LogP contribution in [-0.4, -0.2) is 33.1 Å². The zero-order chi connectivity index (χ0) is 6.57. The Morgan fingerprint density at radius 3 is 1.38 bits per heavy atom. The van der Waals surface area contributed by atoms with Gasteiger partial charge in [0.2, 0.25) is 0 Å². The van der Waals surface area contributed by atoms with Crippen LogP contribution in [0.4, 0.5) is 0 Å². The van der Waals surface area contributed by atoms with Gasteiger partial charge in [0, 0.05) is 10.7 Å². The predicted octanol–water partition coefficient (Wildman–Crippen LogP) is 0.498. The van der Waals surface area contributed by atoms with Gasteiger partial charge in [-0.15, -0.1) is 0 Å². The molecular formula is C4H8Br2O2. The van der Waals surface area contributed by atoms with Gasteiger partial charge in [-0.1, -0.05) is 31.9 Å². The van der Waals surface area contributed by atoms with E-state index in [1.54, 1.807) is 0 Å². The maximum Gasteiger partial charge on any atom is 0.0903 e. The second kappa shape index (κ2) is 4.73. The Labute approximate surface area is 65.2 Å². The lowest BCUT2D eigenvalue weighted by molar-refractivity contribution is 0.0515. The van der Waals surface area contributed by atoms with Crippen molar-refractivity contribution in [2.45, 2.75) is 12.2 Å². The lowest BCUT2D eigenvalue weighted by Crippen LogP contribution is -2.28. The van der Waals surface area contributed by atoms with Crippen LogP contribution in [-0.2, 0) is 0 Å².